The van der Waals surface area contributed by atoms with Crippen molar-refractivity contribution in [3.05, 3.63) is 64.7 Å². The Morgan fingerprint density at radius 2 is 1.70 bits per heavy atom. The van der Waals surface area contributed by atoms with Crippen molar-refractivity contribution >= 4 is 23.3 Å². The highest BCUT2D eigenvalue weighted by molar-refractivity contribution is 5.98. The van der Waals surface area contributed by atoms with E-state index in [-0.39, 0.29) is 23.1 Å². The Morgan fingerprint density at radius 3 is 2.38 bits per heavy atom. The molecule has 0 aliphatic carbocycles. The fourth-order valence-electron chi connectivity index (χ4n) is 4.84. The molecule has 1 saturated heterocycles. The minimum atomic E-state index is -0.866. The first-order valence-electron chi connectivity index (χ1n) is 12.0. The van der Waals surface area contributed by atoms with Gasteiger partial charge in [-0.05, 0) is 37.1 Å². The molecule has 3 aromatic rings. The number of nitrogens with zero attached hydrogens (tertiary/aromatic N) is 5. The number of carbonyl (C=O) groups is 2. The highest BCUT2D eigenvalue weighted by Crippen LogP contribution is 2.33. The molecule has 0 radical (unpaired) electrons. The molecule has 2 N–H and O–H groups in total. The van der Waals surface area contributed by atoms with Crippen LogP contribution in [0, 0.1) is 23.4 Å². The number of pyridine rings is 1. The van der Waals surface area contributed by atoms with Crippen molar-refractivity contribution in [3.63, 3.8) is 0 Å². The summed E-state index contributed by atoms with van der Waals surface area (Å²) in [4.78, 5) is 42.3. The molecule has 37 heavy (non-hydrogen) atoms. The number of hydrogen-bond donors (Lipinski definition) is 1. The van der Waals surface area contributed by atoms with Gasteiger partial charge < -0.3 is 15.5 Å². The first kappa shape index (κ1) is 24.7. The third-order valence-electron chi connectivity index (χ3n) is 6.91. The Morgan fingerprint density at radius 1 is 0.946 bits per heavy atom. The number of amides is 1. The van der Waals surface area contributed by atoms with Gasteiger partial charge in [-0.1, -0.05) is 0 Å². The van der Waals surface area contributed by atoms with E-state index in [0.29, 0.717) is 74.4 Å². The predicted molar refractivity (Wildman–Crippen MR) is 130 cm³/mol. The second kappa shape index (κ2) is 9.79. The normalized spacial score (nSPS) is 16.0. The molecule has 1 amide bonds. The van der Waals surface area contributed by atoms with E-state index in [1.54, 1.807) is 4.90 Å². The molecule has 192 valence electrons. The Labute approximate surface area is 211 Å². The molecule has 8 nitrogen and oxygen atoms in total. The Kier molecular flexibility index (Phi) is 6.53. The minimum absolute atomic E-state index is 0.0634. The van der Waals surface area contributed by atoms with E-state index >= 15 is 0 Å². The van der Waals surface area contributed by atoms with Gasteiger partial charge in [0.25, 0.3) is 0 Å². The third kappa shape index (κ3) is 4.85. The van der Waals surface area contributed by atoms with Gasteiger partial charge in [0.15, 0.2) is 23.2 Å². The Balaban J connectivity index is 1.44. The number of carbonyl (C=O) groups excluding carboxylic acids is 2. The van der Waals surface area contributed by atoms with E-state index in [1.165, 1.54) is 25.1 Å². The zero-order valence-corrected chi connectivity index (χ0v) is 20.2. The van der Waals surface area contributed by atoms with Crippen molar-refractivity contribution in [1.29, 1.82) is 0 Å². The number of rotatable bonds is 4. The standard InChI is InChI=1S/C26H25F3N6O2/c1-14(36)35-11-8-20-22(13-35)31-23(21-5-4-18(28)25(30)32-21)26(33-20)34-9-6-15(7-10-34)24(37)17-3-2-16(27)12-19(17)29/h2-5,12,15H,6-11,13H2,1H3,(H2,30,32). The summed E-state index contributed by atoms with van der Waals surface area (Å²) in [6.07, 6.45) is 1.41. The smallest absolute Gasteiger partial charge is 0.219 e. The van der Waals surface area contributed by atoms with E-state index in [0.717, 1.165) is 11.8 Å². The van der Waals surface area contributed by atoms with Crippen LogP contribution in [0.15, 0.2) is 30.3 Å². The van der Waals surface area contributed by atoms with Crippen LogP contribution in [0.3, 0.4) is 0 Å². The summed E-state index contributed by atoms with van der Waals surface area (Å²) < 4.78 is 41.3. The molecular formula is C26H25F3N6O2. The summed E-state index contributed by atoms with van der Waals surface area (Å²) in [6, 6.07) is 5.67. The molecule has 2 aliphatic rings. The highest BCUT2D eigenvalue weighted by Gasteiger charge is 2.31. The molecular weight excluding hydrogens is 485 g/mol. The number of fused-ring (bicyclic) bond motifs is 1. The summed E-state index contributed by atoms with van der Waals surface area (Å²) in [5, 5.41) is 0. The van der Waals surface area contributed by atoms with Gasteiger partial charge in [0.05, 0.1) is 29.2 Å². The quantitative estimate of drug-likeness (QED) is 0.535. The maximum Gasteiger partial charge on any atom is 0.219 e. The largest absolute Gasteiger partial charge is 0.381 e. The maximum absolute atomic E-state index is 14.2. The molecule has 0 saturated carbocycles. The zero-order valence-electron chi connectivity index (χ0n) is 20.2. The van der Waals surface area contributed by atoms with Crippen LogP contribution in [0.2, 0.25) is 0 Å². The second-order valence-electron chi connectivity index (χ2n) is 9.29. The van der Waals surface area contributed by atoms with Crippen LogP contribution in [0.25, 0.3) is 11.4 Å². The maximum atomic E-state index is 14.2. The summed E-state index contributed by atoms with van der Waals surface area (Å²) in [6.45, 7) is 3.21. The van der Waals surface area contributed by atoms with E-state index < -0.39 is 23.4 Å². The molecule has 1 fully saturated rings. The number of benzene rings is 1. The summed E-state index contributed by atoms with van der Waals surface area (Å²) in [5.74, 6) is -2.82. The van der Waals surface area contributed by atoms with Gasteiger partial charge in [-0.25, -0.2) is 28.1 Å². The van der Waals surface area contributed by atoms with Gasteiger partial charge in [-0.2, -0.15) is 0 Å². The topological polar surface area (TPSA) is 105 Å². The molecule has 1 aromatic carbocycles. The number of piperidine rings is 1. The van der Waals surface area contributed by atoms with Gasteiger partial charge in [-0.3, -0.25) is 9.59 Å². The van der Waals surface area contributed by atoms with Crippen LogP contribution >= 0.6 is 0 Å². The molecule has 2 aromatic heterocycles. The van der Waals surface area contributed by atoms with Gasteiger partial charge in [-0.15, -0.1) is 0 Å². The van der Waals surface area contributed by atoms with Crippen molar-refractivity contribution in [2.45, 2.75) is 32.7 Å². The Hall–Kier alpha value is -4.02. The van der Waals surface area contributed by atoms with Crippen molar-refractivity contribution < 1.29 is 22.8 Å². The van der Waals surface area contributed by atoms with Crippen LogP contribution in [-0.2, 0) is 17.8 Å². The van der Waals surface area contributed by atoms with Crippen molar-refractivity contribution in [1.82, 2.24) is 19.9 Å². The fourth-order valence-corrected chi connectivity index (χ4v) is 4.84. The van der Waals surface area contributed by atoms with Crippen LogP contribution in [0.5, 0.6) is 0 Å². The lowest BCUT2D eigenvalue weighted by Gasteiger charge is -2.34. The number of nitrogens with two attached hydrogens (primary N) is 1. The molecule has 11 heteroatoms. The van der Waals surface area contributed by atoms with E-state index in [4.69, 9.17) is 15.7 Å². The SMILES string of the molecule is CC(=O)N1CCc2nc(N3CCC(C(=O)c4ccc(F)cc4F)CC3)c(-c3ccc(F)c(N)n3)nc2C1. The lowest BCUT2D eigenvalue weighted by Crippen LogP contribution is -2.39. The first-order valence-corrected chi connectivity index (χ1v) is 12.0. The number of halogens is 3. The average molecular weight is 511 g/mol. The third-order valence-corrected chi connectivity index (χ3v) is 6.91. The monoisotopic (exact) mass is 510 g/mol. The van der Waals surface area contributed by atoms with E-state index in [2.05, 4.69) is 4.98 Å². The minimum Gasteiger partial charge on any atom is -0.381 e. The van der Waals surface area contributed by atoms with E-state index in [9.17, 15) is 22.8 Å². The number of aromatic nitrogens is 3. The average Bonchev–Trinajstić information content (AvgIpc) is 2.89. The summed E-state index contributed by atoms with van der Waals surface area (Å²) in [5.41, 5.74) is 7.76. The van der Waals surface area contributed by atoms with Crippen LogP contribution in [-0.4, -0.2) is 51.2 Å². The van der Waals surface area contributed by atoms with Crippen LogP contribution in [0.1, 0.15) is 41.5 Å². The molecule has 5 rings (SSSR count). The summed E-state index contributed by atoms with van der Waals surface area (Å²) in [7, 11) is 0. The highest BCUT2D eigenvalue weighted by atomic mass is 19.1. The summed E-state index contributed by atoms with van der Waals surface area (Å²) >= 11 is 0. The number of anilines is 2. The number of Topliss-reactive ketones (excluding diaryl/α,β-unsaturated/α-hetero) is 1. The lowest BCUT2D eigenvalue weighted by atomic mass is 9.88. The zero-order chi connectivity index (χ0) is 26.3. The number of hydrogen-bond acceptors (Lipinski definition) is 7. The molecule has 4 heterocycles. The molecule has 0 unspecified atom stereocenters. The number of nitrogen functional groups attached to an aromatic ring is 1. The van der Waals surface area contributed by atoms with Gasteiger partial charge in [0.2, 0.25) is 5.91 Å². The van der Waals surface area contributed by atoms with Crippen LogP contribution in [0.4, 0.5) is 24.8 Å². The van der Waals surface area contributed by atoms with Crippen LogP contribution < -0.4 is 10.6 Å². The van der Waals surface area contributed by atoms with Crippen molar-refractivity contribution in [2.24, 2.45) is 5.92 Å². The number of ketones is 1. The van der Waals surface area contributed by atoms with Gasteiger partial charge in [0, 0.05) is 45.0 Å². The first-order chi connectivity index (χ1) is 17.7. The van der Waals surface area contributed by atoms with Gasteiger partial charge in [0.1, 0.15) is 17.3 Å². The van der Waals surface area contributed by atoms with Crippen molar-refractivity contribution in [2.75, 3.05) is 30.3 Å². The molecule has 2 aliphatic heterocycles. The van der Waals surface area contributed by atoms with Gasteiger partial charge >= 0.3 is 0 Å². The molecule has 0 atom stereocenters. The molecule has 0 spiro atoms. The molecule has 0 bridgehead atoms. The second-order valence-corrected chi connectivity index (χ2v) is 9.29. The van der Waals surface area contributed by atoms with Crippen molar-refractivity contribution in [3.8, 4) is 11.4 Å². The fraction of sp³-hybridized carbons (Fsp3) is 0.346. The lowest BCUT2D eigenvalue weighted by molar-refractivity contribution is -0.129. The Bertz CT molecular complexity index is 1390. The predicted octanol–water partition coefficient (Wildman–Crippen LogP) is 3.54. The van der Waals surface area contributed by atoms with E-state index in [1.807, 2.05) is 4.90 Å².